The summed E-state index contributed by atoms with van der Waals surface area (Å²) in [6, 6.07) is 16.5. The molecule has 138 valence electrons. The topological polar surface area (TPSA) is 42.0 Å². The largest absolute Gasteiger partial charge is 0.298 e. The normalized spacial score (nSPS) is 11.7. The van der Waals surface area contributed by atoms with Crippen molar-refractivity contribution in [1.82, 2.24) is 4.98 Å². The first-order valence-electron chi connectivity index (χ1n) is 8.93. The van der Waals surface area contributed by atoms with Gasteiger partial charge >= 0.3 is 0 Å². The number of aromatic nitrogens is 1. The highest BCUT2D eigenvalue weighted by molar-refractivity contribution is 7.14. The molecule has 0 bridgehead atoms. The highest BCUT2D eigenvalue weighted by Gasteiger charge is 2.13. The predicted octanol–water partition coefficient (Wildman–Crippen LogP) is 6.07. The molecule has 0 saturated carbocycles. The molecule has 1 aromatic heterocycles. The van der Waals surface area contributed by atoms with E-state index in [0.29, 0.717) is 5.13 Å². The Balaban J connectivity index is 1.65. The van der Waals surface area contributed by atoms with Gasteiger partial charge in [0, 0.05) is 17.0 Å². The summed E-state index contributed by atoms with van der Waals surface area (Å²) in [6.07, 6.45) is 3.33. The molecule has 0 spiro atoms. The van der Waals surface area contributed by atoms with E-state index in [4.69, 9.17) is 0 Å². The van der Waals surface area contributed by atoms with Gasteiger partial charge in [-0.3, -0.25) is 10.1 Å². The smallest absolute Gasteiger partial charge is 0.250 e. The molecule has 3 nitrogen and oxygen atoms in total. The van der Waals surface area contributed by atoms with Crippen molar-refractivity contribution in [1.29, 1.82) is 0 Å². The predicted molar refractivity (Wildman–Crippen MR) is 115 cm³/mol. The fourth-order valence-electron chi connectivity index (χ4n) is 2.60. The van der Waals surface area contributed by atoms with E-state index in [1.54, 1.807) is 6.08 Å². The Morgan fingerprint density at radius 1 is 1.04 bits per heavy atom. The second-order valence-corrected chi connectivity index (χ2v) is 8.46. The number of thiazole rings is 1. The van der Waals surface area contributed by atoms with Crippen LogP contribution in [-0.4, -0.2) is 10.9 Å². The number of benzene rings is 2. The van der Waals surface area contributed by atoms with Crippen molar-refractivity contribution in [3.05, 3.63) is 76.7 Å². The first-order chi connectivity index (χ1) is 12.8. The van der Waals surface area contributed by atoms with Crippen molar-refractivity contribution in [2.24, 2.45) is 0 Å². The summed E-state index contributed by atoms with van der Waals surface area (Å²) in [5.74, 6) is -0.181. The molecule has 0 unspecified atom stereocenters. The Bertz CT molecular complexity index is 945. The first-order valence-corrected chi connectivity index (χ1v) is 9.81. The van der Waals surface area contributed by atoms with Crippen LogP contribution in [0.5, 0.6) is 0 Å². The van der Waals surface area contributed by atoms with E-state index in [-0.39, 0.29) is 11.3 Å². The minimum Gasteiger partial charge on any atom is -0.298 e. The zero-order chi connectivity index (χ0) is 19.4. The van der Waals surface area contributed by atoms with Crippen molar-refractivity contribution in [2.75, 3.05) is 5.32 Å². The molecule has 0 fully saturated rings. The molecule has 2 aromatic carbocycles. The number of amides is 1. The molecular weight excluding hydrogens is 352 g/mol. The van der Waals surface area contributed by atoms with Crippen molar-refractivity contribution in [3.8, 4) is 11.3 Å². The molecule has 0 aliphatic carbocycles. The van der Waals surface area contributed by atoms with Crippen LogP contribution in [0.15, 0.2) is 60.0 Å². The third-order valence-electron chi connectivity index (χ3n) is 4.29. The molecule has 27 heavy (non-hydrogen) atoms. The third kappa shape index (κ3) is 5.14. The summed E-state index contributed by atoms with van der Waals surface area (Å²) in [5.41, 5.74) is 5.53. The molecule has 1 N–H and O–H groups in total. The SMILES string of the molecule is Cc1ccc(/C=C/C(=O)Nc2nc(-c3ccc(C(C)(C)C)cc3)cs2)cc1. The number of carbonyl (C=O) groups excluding carboxylic acids is 1. The Labute approximate surface area is 164 Å². The highest BCUT2D eigenvalue weighted by atomic mass is 32.1. The van der Waals surface area contributed by atoms with E-state index >= 15 is 0 Å². The minimum atomic E-state index is -0.181. The first kappa shape index (κ1) is 19.1. The molecule has 1 amide bonds. The monoisotopic (exact) mass is 376 g/mol. The quantitative estimate of drug-likeness (QED) is 0.562. The molecule has 0 saturated heterocycles. The van der Waals surface area contributed by atoms with E-state index in [2.05, 4.69) is 55.3 Å². The van der Waals surface area contributed by atoms with Crippen LogP contribution in [0.25, 0.3) is 17.3 Å². The van der Waals surface area contributed by atoms with Gasteiger partial charge in [0.05, 0.1) is 5.69 Å². The number of nitrogens with zero attached hydrogens (tertiary/aromatic N) is 1. The van der Waals surface area contributed by atoms with Crippen LogP contribution in [0.1, 0.15) is 37.5 Å². The summed E-state index contributed by atoms with van der Waals surface area (Å²) in [6.45, 7) is 8.63. The lowest BCUT2D eigenvalue weighted by Gasteiger charge is -2.18. The minimum absolute atomic E-state index is 0.128. The fourth-order valence-corrected chi connectivity index (χ4v) is 3.32. The number of anilines is 1. The van der Waals surface area contributed by atoms with Gasteiger partial charge < -0.3 is 0 Å². The van der Waals surface area contributed by atoms with Gasteiger partial charge in [-0.15, -0.1) is 11.3 Å². The van der Waals surface area contributed by atoms with Crippen molar-refractivity contribution < 1.29 is 4.79 Å². The molecule has 0 atom stereocenters. The van der Waals surface area contributed by atoms with E-state index in [9.17, 15) is 4.79 Å². The second-order valence-electron chi connectivity index (χ2n) is 7.60. The number of carbonyl (C=O) groups is 1. The Morgan fingerprint density at radius 3 is 2.33 bits per heavy atom. The number of hydrogen-bond acceptors (Lipinski definition) is 3. The second kappa shape index (κ2) is 7.89. The van der Waals surface area contributed by atoms with Gasteiger partial charge in [-0.2, -0.15) is 0 Å². The van der Waals surface area contributed by atoms with Crippen LogP contribution in [-0.2, 0) is 10.2 Å². The Morgan fingerprint density at radius 2 is 1.70 bits per heavy atom. The number of aryl methyl sites for hydroxylation is 1. The van der Waals surface area contributed by atoms with E-state index < -0.39 is 0 Å². The molecule has 4 heteroatoms. The van der Waals surface area contributed by atoms with Crippen LogP contribution < -0.4 is 5.32 Å². The van der Waals surface area contributed by atoms with Crippen LogP contribution in [0.2, 0.25) is 0 Å². The van der Waals surface area contributed by atoms with Crippen LogP contribution >= 0.6 is 11.3 Å². The lowest BCUT2D eigenvalue weighted by molar-refractivity contribution is -0.111. The van der Waals surface area contributed by atoms with Crippen molar-refractivity contribution in [2.45, 2.75) is 33.1 Å². The average Bonchev–Trinajstić information content (AvgIpc) is 3.09. The van der Waals surface area contributed by atoms with Gasteiger partial charge in [-0.1, -0.05) is 74.9 Å². The summed E-state index contributed by atoms with van der Waals surface area (Å²) in [5, 5.41) is 5.40. The maximum absolute atomic E-state index is 12.1. The van der Waals surface area contributed by atoms with Gasteiger partial charge in [0.2, 0.25) is 5.91 Å². The number of rotatable bonds is 4. The zero-order valence-electron chi connectivity index (χ0n) is 16.1. The molecule has 1 heterocycles. The highest BCUT2D eigenvalue weighted by Crippen LogP contribution is 2.28. The molecule has 0 aliphatic heterocycles. The van der Waals surface area contributed by atoms with Gasteiger partial charge in [-0.05, 0) is 29.5 Å². The Kier molecular flexibility index (Phi) is 5.57. The summed E-state index contributed by atoms with van der Waals surface area (Å²) < 4.78 is 0. The van der Waals surface area contributed by atoms with Gasteiger partial charge in [0.15, 0.2) is 5.13 Å². The molecule has 3 rings (SSSR count). The molecular formula is C23H24N2OS. The molecule has 0 radical (unpaired) electrons. The van der Waals surface area contributed by atoms with Crippen molar-refractivity contribution >= 4 is 28.5 Å². The molecule has 3 aromatic rings. The maximum atomic E-state index is 12.1. The van der Waals surface area contributed by atoms with E-state index in [0.717, 1.165) is 16.8 Å². The maximum Gasteiger partial charge on any atom is 0.250 e. The standard InChI is InChI=1S/C23H24N2OS/c1-16-5-7-17(8-6-16)9-14-21(26)25-22-24-20(15-27-22)18-10-12-19(13-11-18)23(2,3)4/h5-15H,1-4H3,(H,24,25,26)/b14-9+. The van der Waals surface area contributed by atoms with Gasteiger partial charge in [0.25, 0.3) is 0 Å². The van der Waals surface area contributed by atoms with Gasteiger partial charge in [-0.25, -0.2) is 4.98 Å². The average molecular weight is 377 g/mol. The van der Waals surface area contributed by atoms with Crippen LogP contribution in [0.4, 0.5) is 5.13 Å². The van der Waals surface area contributed by atoms with E-state index in [1.165, 1.54) is 28.5 Å². The third-order valence-corrected chi connectivity index (χ3v) is 5.04. The fraction of sp³-hybridized carbons (Fsp3) is 0.217. The Hall–Kier alpha value is -2.72. The van der Waals surface area contributed by atoms with Gasteiger partial charge in [0.1, 0.15) is 0 Å². The summed E-state index contributed by atoms with van der Waals surface area (Å²) in [4.78, 5) is 16.7. The lowest BCUT2D eigenvalue weighted by atomic mass is 9.86. The summed E-state index contributed by atoms with van der Waals surface area (Å²) in [7, 11) is 0. The summed E-state index contributed by atoms with van der Waals surface area (Å²) >= 11 is 1.43. The number of hydrogen-bond donors (Lipinski definition) is 1. The number of nitrogens with one attached hydrogen (secondary N) is 1. The lowest BCUT2D eigenvalue weighted by Crippen LogP contribution is -2.10. The zero-order valence-corrected chi connectivity index (χ0v) is 16.9. The van der Waals surface area contributed by atoms with Crippen molar-refractivity contribution in [3.63, 3.8) is 0 Å². The molecule has 0 aliphatic rings. The van der Waals surface area contributed by atoms with E-state index in [1.807, 2.05) is 36.6 Å². The van der Waals surface area contributed by atoms with Crippen LogP contribution in [0.3, 0.4) is 0 Å². The van der Waals surface area contributed by atoms with Crippen LogP contribution in [0, 0.1) is 6.92 Å².